The molecule has 2 amide bonds. The smallest absolute Gasteiger partial charge is 0.310 e. The molecule has 0 spiro atoms. The largest absolute Gasteiger partial charge is 0.354 e. The van der Waals surface area contributed by atoms with Gasteiger partial charge in [0, 0.05) is 6.54 Å². The number of hydrogen-bond donors (Lipinski definition) is 2. The van der Waals surface area contributed by atoms with E-state index in [0.29, 0.717) is 6.54 Å². The summed E-state index contributed by atoms with van der Waals surface area (Å²) < 4.78 is 0. The zero-order valence-corrected chi connectivity index (χ0v) is 17.0. The first-order chi connectivity index (χ1) is 13.3. The molecule has 0 aliphatic carbocycles. The van der Waals surface area contributed by atoms with Gasteiger partial charge in [0.05, 0.1) is 0 Å². The summed E-state index contributed by atoms with van der Waals surface area (Å²) in [6.07, 6.45) is 17.2. The Labute approximate surface area is 165 Å². The average molecular weight is 374 g/mol. The molecule has 27 heavy (non-hydrogen) atoms. The van der Waals surface area contributed by atoms with E-state index in [2.05, 4.69) is 17.6 Å². The zero-order chi connectivity index (χ0) is 19.6. The summed E-state index contributed by atoms with van der Waals surface area (Å²) in [4.78, 5) is 22.9. The molecule has 2 N–H and O–H groups in total. The lowest BCUT2D eigenvalue weighted by atomic mass is 10.0. The van der Waals surface area contributed by atoms with E-state index in [4.69, 9.17) is 0 Å². The molecule has 151 valence electrons. The van der Waals surface area contributed by atoms with Crippen LogP contribution in [0.5, 0.6) is 0 Å². The maximum Gasteiger partial charge on any atom is 0.310 e. The van der Waals surface area contributed by atoms with Gasteiger partial charge in [-0.1, -0.05) is 108 Å². The predicted molar refractivity (Wildman–Crippen MR) is 112 cm³/mol. The molecule has 1 unspecified atom stereocenters. The summed E-state index contributed by atoms with van der Waals surface area (Å²) >= 11 is 0. The third-order valence-electron chi connectivity index (χ3n) is 4.93. The van der Waals surface area contributed by atoms with E-state index >= 15 is 0 Å². The van der Waals surface area contributed by atoms with Gasteiger partial charge in [0.2, 0.25) is 5.91 Å². The van der Waals surface area contributed by atoms with Crippen LogP contribution in [0.4, 0.5) is 0 Å². The van der Waals surface area contributed by atoms with E-state index in [1.807, 2.05) is 30.3 Å². The summed E-state index contributed by atoms with van der Waals surface area (Å²) in [5.74, 6) is -0.173. The second-order valence-electron chi connectivity index (χ2n) is 7.27. The number of amides is 2. The molecular formula is C23H37N2O2. The van der Waals surface area contributed by atoms with Gasteiger partial charge in [-0.2, -0.15) is 0 Å². The van der Waals surface area contributed by atoms with Crippen LogP contribution in [0.1, 0.15) is 95.6 Å². The highest BCUT2D eigenvalue weighted by Gasteiger charge is 2.19. The fraction of sp³-hybridized carbons (Fsp3) is 0.652. The van der Waals surface area contributed by atoms with Gasteiger partial charge in [0.1, 0.15) is 6.04 Å². The van der Waals surface area contributed by atoms with Crippen LogP contribution in [0.3, 0.4) is 0 Å². The first kappa shape index (κ1) is 23.2. The Hall–Kier alpha value is -1.84. The van der Waals surface area contributed by atoms with Crippen molar-refractivity contribution in [2.75, 3.05) is 6.54 Å². The Bertz CT molecular complexity index is 490. The minimum atomic E-state index is -0.666. The monoisotopic (exact) mass is 373 g/mol. The van der Waals surface area contributed by atoms with Crippen LogP contribution in [-0.2, 0) is 9.59 Å². The second kappa shape index (κ2) is 16.3. The number of nitrogens with one attached hydrogen (secondary N) is 2. The maximum absolute atomic E-state index is 12.3. The van der Waals surface area contributed by atoms with E-state index in [0.717, 1.165) is 18.4 Å². The van der Waals surface area contributed by atoms with Crippen LogP contribution < -0.4 is 10.6 Å². The third kappa shape index (κ3) is 11.5. The molecule has 1 aromatic rings. The topological polar surface area (TPSA) is 58.2 Å². The molecule has 0 aromatic heterocycles. The molecular weight excluding hydrogens is 336 g/mol. The molecule has 0 saturated heterocycles. The molecule has 0 aliphatic rings. The standard InChI is InChI=1S/C23H37N2O2/c1-2-3-4-5-6-7-8-9-10-11-12-16-19-24-23(27)22(25-20-26)21-17-14-13-15-18-21/h13-15,17-18,22H,2-12,16,19H2,1H3,(H,24,27)(H,25,26). The van der Waals surface area contributed by atoms with E-state index in [1.54, 1.807) is 6.41 Å². The highest BCUT2D eigenvalue weighted by Crippen LogP contribution is 2.13. The highest BCUT2D eigenvalue weighted by molar-refractivity contribution is 5.84. The highest BCUT2D eigenvalue weighted by atomic mass is 16.2. The lowest BCUT2D eigenvalue weighted by molar-refractivity contribution is -0.122. The molecule has 0 saturated carbocycles. The van der Waals surface area contributed by atoms with Gasteiger partial charge in [-0.05, 0) is 12.0 Å². The maximum atomic E-state index is 12.3. The van der Waals surface area contributed by atoms with E-state index in [9.17, 15) is 9.59 Å². The molecule has 0 aliphatic heterocycles. The summed E-state index contributed by atoms with van der Waals surface area (Å²) in [6, 6.07) is 8.59. The number of rotatable bonds is 17. The first-order valence-electron chi connectivity index (χ1n) is 10.7. The minimum Gasteiger partial charge on any atom is -0.354 e. The Morgan fingerprint density at radius 3 is 1.89 bits per heavy atom. The average Bonchev–Trinajstić information content (AvgIpc) is 2.70. The molecule has 4 heteroatoms. The normalized spacial score (nSPS) is 11.7. The van der Waals surface area contributed by atoms with Crippen LogP contribution in [-0.4, -0.2) is 18.9 Å². The van der Waals surface area contributed by atoms with Gasteiger partial charge in [-0.25, -0.2) is 0 Å². The lowest BCUT2D eigenvalue weighted by Crippen LogP contribution is -2.37. The van der Waals surface area contributed by atoms with Gasteiger partial charge in [0.15, 0.2) is 0 Å². The lowest BCUT2D eigenvalue weighted by Gasteiger charge is -2.15. The molecule has 0 bridgehead atoms. The number of carbonyl (C=O) groups excluding carboxylic acids is 2. The van der Waals surface area contributed by atoms with Crippen molar-refractivity contribution < 1.29 is 9.59 Å². The van der Waals surface area contributed by atoms with Crippen molar-refractivity contribution in [3.05, 3.63) is 35.9 Å². The van der Waals surface area contributed by atoms with Crippen LogP contribution in [0.25, 0.3) is 0 Å². The summed E-state index contributed by atoms with van der Waals surface area (Å²) in [7, 11) is 0. The molecule has 1 radical (unpaired) electrons. The van der Waals surface area contributed by atoms with Gasteiger partial charge >= 0.3 is 6.41 Å². The number of unbranched alkanes of at least 4 members (excludes halogenated alkanes) is 11. The predicted octanol–water partition coefficient (Wildman–Crippen LogP) is 5.20. The van der Waals surface area contributed by atoms with Gasteiger partial charge in [-0.15, -0.1) is 0 Å². The van der Waals surface area contributed by atoms with Crippen molar-refractivity contribution in [1.82, 2.24) is 10.6 Å². The summed E-state index contributed by atoms with van der Waals surface area (Å²) in [6.45, 7) is 2.91. The van der Waals surface area contributed by atoms with Gasteiger partial charge in [-0.3, -0.25) is 9.59 Å². The summed E-state index contributed by atoms with van der Waals surface area (Å²) in [5.41, 5.74) is 0.771. The number of benzene rings is 1. The van der Waals surface area contributed by atoms with E-state index in [1.165, 1.54) is 64.2 Å². The van der Waals surface area contributed by atoms with Gasteiger partial charge < -0.3 is 10.6 Å². The van der Waals surface area contributed by atoms with Crippen molar-refractivity contribution in [3.63, 3.8) is 0 Å². The van der Waals surface area contributed by atoms with Gasteiger partial charge in [0.25, 0.3) is 0 Å². The SMILES string of the molecule is CCCCCCCCCCCCCCNC(=O)C(N[C]=O)c1ccccc1. The molecule has 4 nitrogen and oxygen atoms in total. The Morgan fingerprint density at radius 2 is 1.37 bits per heavy atom. The van der Waals surface area contributed by atoms with Crippen LogP contribution >= 0.6 is 0 Å². The Kier molecular flexibility index (Phi) is 14.0. The minimum absolute atomic E-state index is 0.173. The van der Waals surface area contributed by atoms with Crippen molar-refractivity contribution in [1.29, 1.82) is 0 Å². The van der Waals surface area contributed by atoms with Crippen LogP contribution in [0.15, 0.2) is 30.3 Å². The molecule has 1 atom stereocenters. The Morgan fingerprint density at radius 1 is 0.852 bits per heavy atom. The molecule has 1 rings (SSSR count). The third-order valence-corrected chi connectivity index (χ3v) is 4.93. The van der Waals surface area contributed by atoms with Crippen molar-refractivity contribution in [2.24, 2.45) is 0 Å². The zero-order valence-electron chi connectivity index (χ0n) is 17.0. The fourth-order valence-electron chi connectivity index (χ4n) is 3.28. The van der Waals surface area contributed by atoms with Crippen LogP contribution in [0, 0.1) is 0 Å². The number of hydrogen-bond acceptors (Lipinski definition) is 2. The fourth-order valence-corrected chi connectivity index (χ4v) is 3.28. The molecule has 1 aromatic carbocycles. The van der Waals surface area contributed by atoms with E-state index in [-0.39, 0.29) is 5.91 Å². The van der Waals surface area contributed by atoms with E-state index < -0.39 is 6.04 Å². The quantitative estimate of drug-likeness (QED) is 0.291. The Balaban J connectivity index is 2.02. The molecule has 0 fully saturated rings. The van der Waals surface area contributed by atoms with Crippen molar-refractivity contribution in [2.45, 2.75) is 90.0 Å². The first-order valence-corrected chi connectivity index (χ1v) is 10.7. The second-order valence-corrected chi connectivity index (χ2v) is 7.27. The van der Waals surface area contributed by atoms with Crippen molar-refractivity contribution in [3.8, 4) is 0 Å². The number of carbonyl (C=O) groups is 1. The summed E-state index contributed by atoms with van der Waals surface area (Å²) in [5, 5.41) is 5.40. The van der Waals surface area contributed by atoms with Crippen LogP contribution in [0.2, 0.25) is 0 Å². The van der Waals surface area contributed by atoms with Crippen molar-refractivity contribution >= 4 is 12.3 Å². The molecule has 0 heterocycles.